The summed E-state index contributed by atoms with van der Waals surface area (Å²) in [5, 5.41) is 3.65. The molecule has 98 valence electrons. The Morgan fingerprint density at radius 1 is 1.11 bits per heavy atom. The van der Waals surface area contributed by atoms with E-state index in [-0.39, 0.29) is 5.54 Å². The van der Waals surface area contributed by atoms with Gasteiger partial charge in [0, 0.05) is 40.7 Å². The summed E-state index contributed by atoms with van der Waals surface area (Å²) in [6.45, 7) is 8.11. The van der Waals surface area contributed by atoms with Gasteiger partial charge >= 0.3 is 0 Å². The summed E-state index contributed by atoms with van der Waals surface area (Å²) in [5.41, 5.74) is 2.07. The molecule has 1 saturated heterocycles. The molecule has 3 heteroatoms. The molecule has 1 spiro atoms. The van der Waals surface area contributed by atoms with Gasteiger partial charge in [0.2, 0.25) is 0 Å². The summed E-state index contributed by atoms with van der Waals surface area (Å²) in [6, 6.07) is 8.74. The number of halogens is 1. The predicted octanol–water partition coefficient (Wildman–Crippen LogP) is 3.42. The summed E-state index contributed by atoms with van der Waals surface area (Å²) in [7, 11) is 0. The highest BCUT2D eigenvalue weighted by atomic mass is 79.9. The zero-order chi connectivity index (χ0) is 12.8. The van der Waals surface area contributed by atoms with E-state index in [1.54, 1.807) is 0 Å². The second-order valence-electron chi connectivity index (χ2n) is 6.48. The summed E-state index contributed by atoms with van der Waals surface area (Å²) < 4.78 is 1.15. The van der Waals surface area contributed by atoms with Crippen LogP contribution in [0.5, 0.6) is 0 Å². The van der Waals surface area contributed by atoms with Crippen LogP contribution >= 0.6 is 15.9 Å². The molecular formula is C15H21BrN2. The molecule has 1 aliphatic heterocycles. The van der Waals surface area contributed by atoms with Crippen LogP contribution < -0.4 is 10.2 Å². The van der Waals surface area contributed by atoms with Gasteiger partial charge in [-0.25, -0.2) is 0 Å². The van der Waals surface area contributed by atoms with Crippen LogP contribution in [0.1, 0.15) is 26.7 Å². The van der Waals surface area contributed by atoms with E-state index >= 15 is 0 Å². The third-order valence-corrected chi connectivity index (χ3v) is 4.91. The van der Waals surface area contributed by atoms with Gasteiger partial charge in [-0.15, -0.1) is 0 Å². The average Bonchev–Trinajstić information content (AvgIpc) is 3.08. The molecular weight excluding hydrogens is 288 g/mol. The molecule has 2 fully saturated rings. The highest BCUT2D eigenvalue weighted by Crippen LogP contribution is 2.48. The Kier molecular flexibility index (Phi) is 2.94. The number of benzene rings is 1. The van der Waals surface area contributed by atoms with Crippen LogP contribution in [-0.4, -0.2) is 25.2 Å². The molecule has 0 amide bonds. The molecule has 1 aliphatic carbocycles. The first kappa shape index (κ1) is 12.5. The van der Waals surface area contributed by atoms with Gasteiger partial charge in [-0.2, -0.15) is 0 Å². The number of rotatable bonds is 1. The third-order valence-electron chi connectivity index (χ3n) is 4.38. The molecule has 0 radical (unpaired) electrons. The Morgan fingerprint density at radius 2 is 1.78 bits per heavy atom. The largest absolute Gasteiger partial charge is 0.365 e. The lowest BCUT2D eigenvalue weighted by atomic mass is 10.00. The fourth-order valence-corrected chi connectivity index (χ4v) is 3.17. The predicted molar refractivity (Wildman–Crippen MR) is 80.1 cm³/mol. The highest BCUT2D eigenvalue weighted by molar-refractivity contribution is 9.10. The van der Waals surface area contributed by atoms with Crippen molar-refractivity contribution in [3.63, 3.8) is 0 Å². The first-order chi connectivity index (χ1) is 8.51. The van der Waals surface area contributed by atoms with Crippen molar-refractivity contribution in [2.45, 2.75) is 32.2 Å². The lowest BCUT2D eigenvalue weighted by Crippen LogP contribution is -2.49. The summed E-state index contributed by atoms with van der Waals surface area (Å²) >= 11 is 3.52. The standard InChI is InChI=1S/C15H21BrN2/c1-14(2)9-17-10-15(7-8-15)11-18(14)13-5-3-12(16)4-6-13/h3-6,17H,7-11H2,1-2H3. The van der Waals surface area contributed by atoms with Crippen LogP contribution in [0.3, 0.4) is 0 Å². The van der Waals surface area contributed by atoms with Crippen molar-refractivity contribution < 1.29 is 0 Å². The first-order valence-electron chi connectivity index (χ1n) is 6.75. The molecule has 18 heavy (non-hydrogen) atoms. The zero-order valence-corrected chi connectivity index (χ0v) is 12.8. The van der Waals surface area contributed by atoms with E-state index in [0.717, 1.165) is 11.0 Å². The number of nitrogens with one attached hydrogen (secondary N) is 1. The Labute approximate surface area is 118 Å². The molecule has 1 aromatic carbocycles. The number of hydrogen-bond donors (Lipinski definition) is 1. The Hall–Kier alpha value is -0.540. The minimum Gasteiger partial charge on any atom is -0.365 e. The monoisotopic (exact) mass is 308 g/mol. The van der Waals surface area contributed by atoms with Gasteiger partial charge in [0.25, 0.3) is 0 Å². The van der Waals surface area contributed by atoms with Gasteiger partial charge in [0.1, 0.15) is 0 Å². The SMILES string of the molecule is CC1(C)CNCC2(CC2)CN1c1ccc(Br)cc1. The van der Waals surface area contributed by atoms with Crippen LogP contribution in [0.15, 0.2) is 28.7 Å². The van der Waals surface area contributed by atoms with E-state index in [2.05, 4.69) is 64.3 Å². The van der Waals surface area contributed by atoms with Crippen LogP contribution in [0.25, 0.3) is 0 Å². The summed E-state index contributed by atoms with van der Waals surface area (Å²) in [6.07, 6.45) is 2.76. The topological polar surface area (TPSA) is 15.3 Å². The van der Waals surface area contributed by atoms with Crippen molar-refractivity contribution in [1.82, 2.24) is 5.32 Å². The van der Waals surface area contributed by atoms with Crippen LogP contribution in [-0.2, 0) is 0 Å². The van der Waals surface area contributed by atoms with Crippen molar-refractivity contribution in [3.8, 4) is 0 Å². The summed E-state index contributed by atoms with van der Waals surface area (Å²) in [5.74, 6) is 0. The van der Waals surface area contributed by atoms with E-state index < -0.39 is 0 Å². The zero-order valence-electron chi connectivity index (χ0n) is 11.2. The quantitative estimate of drug-likeness (QED) is 0.855. The van der Waals surface area contributed by atoms with Gasteiger partial charge in [0.05, 0.1) is 0 Å². The van der Waals surface area contributed by atoms with Gasteiger partial charge in [-0.05, 0) is 51.0 Å². The molecule has 0 aromatic heterocycles. The fourth-order valence-electron chi connectivity index (χ4n) is 2.91. The smallest absolute Gasteiger partial charge is 0.0470 e. The van der Waals surface area contributed by atoms with Crippen LogP contribution in [0.4, 0.5) is 5.69 Å². The Bertz CT molecular complexity index is 434. The molecule has 1 saturated carbocycles. The van der Waals surface area contributed by atoms with Gasteiger partial charge < -0.3 is 10.2 Å². The van der Waals surface area contributed by atoms with Crippen molar-refractivity contribution in [2.24, 2.45) is 5.41 Å². The third kappa shape index (κ3) is 2.30. The lowest BCUT2D eigenvalue weighted by molar-refractivity contribution is 0.456. The molecule has 1 N–H and O–H groups in total. The molecule has 0 atom stereocenters. The average molecular weight is 309 g/mol. The molecule has 0 unspecified atom stereocenters. The first-order valence-corrected chi connectivity index (χ1v) is 7.54. The van der Waals surface area contributed by atoms with Crippen molar-refractivity contribution in [3.05, 3.63) is 28.7 Å². The summed E-state index contributed by atoms with van der Waals surface area (Å²) in [4.78, 5) is 2.59. The number of nitrogens with zero attached hydrogens (tertiary/aromatic N) is 1. The second-order valence-corrected chi connectivity index (χ2v) is 7.39. The fraction of sp³-hybridized carbons (Fsp3) is 0.600. The van der Waals surface area contributed by atoms with E-state index in [9.17, 15) is 0 Å². The van der Waals surface area contributed by atoms with E-state index in [1.807, 2.05) is 0 Å². The lowest BCUT2D eigenvalue weighted by Gasteiger charge is -2.40. The minimum absolute atomic E-state index is 0.180. The molecule has 3 rings (SSSR count). The highest BCUT2D eigenvalue weighted by Gasteiger charge is 2.47. The molecule has 0 bridgehead atoms. The maximum Gasteiger partial charge on any atom is 0.0470 e. The van der Waals surface area contributed by atoms with Crippen molar-refractivity contribution in [2.75, 3.05) is 24.5 Å². The van der Waals surface area contributed by atoms with Gasteiger partial charge in [0.15, 0.2) is 0 Å². The van der Waals surface area contributed by atoms with Gasteiger partial charge in [-0.3, -0.25) is 0 Å². The van der Waals surface area contributed by atoms with Crippen LogP contribution in [0, 0.1) is 5.41 Å². The van der Waals surface area contributed by atoms with Crippen molar-refractivity contribution >= 4 is 21.6 Å². The minimum atomic E-state index is 0.180. The van der Waals surface area contributed by atoms with E-state index in [4.69, 9.17) is 0 Å². The van der Waals surface area contributed by atoms with Gasteiger partial charge in [-0.1, -0.05) is 15.9 Å². The Morgan fingerprint density at radius 3 is 2.39 bits per heavy atom. The molecule has 1 aromatic rings. The number of anilines is 1. The van der Waals surface area contributed by atoms with Crippen LogP contribution in [0.2, 0.25) is 0 Å². The molecule has 2 nitrogen and oxygen atoms in total. The maximum absolute atomic E-state index is 3.65. The molecule has 1 heterocycles. The molecule has 2 aliphatic rings. The number of hydrogen-bond acceptors (Lipinski definition) is 2. The van der Waals surface area contributed by atoms with E-state index in [0.29, 0.717) is 5.41 Å². The normalized spacial score (nSPS) is 24.9. The maximum atomic E-state index is 3.65. The second kappa shape index (κ2) is 4.24. The Balaban J connectivity index is 1.92. The van der Waals surface area contributed by atoms with Crippen molar-refractivity contribution in [1.29, 1.82) is 0 Å². The van der Waals surface area contributed by atoms with E-state index in [1.165, 1.54) is 31.6 Å².